The Morgan fingerprint density at radius 1 is 1.10 bits per heavy atom. The lowest BCUT2D eigenvalue weighted by Gasteiger charge is -2.42. The van der Waals surface area contributed by atoms with Crippen LogP contribution in [0.25, 0.3) is 10.4 Å². The van der Waals surface area contributed by atoms with Gasteiger partial charge >= 0.3 is 5.97 Å². The zero-order valence-corrected chi connectivity index (χ0v) is 26.0. The van der Waals surface area contributed by atoms with E-state index in [-0.39, 0.29) is 28.4 Å². The predicted octanol–water partition coefficient (Wildman–Crippen LogP) is 6.79. The predicted molar refractivity (Wildman–Crippen MR) is 162 cm³/mol. The lowest BCUT2D eigenvalue weighted by atomic mass is 9.81. The first-order valence-electron chi connectivity index (χ1n) is 15.0. The van der Waals surface area contributed by atoms with E-state index in [2.05, 4.69) is 6.92 Å². The van der Waals surface area contributed by atoms with Crippen LogP contribution >= 0.6 is 19.8 Å². The molecular formula is C31H42NO7PS. The van der Waals surface area contributed by atoms with Crippen LogP contribution in [0, 0.1) is 11.8 Å². The van der Waals surface area contributed by atoms with Crippen LogP contribution in [0.15, 0.2) is 30.3 Å². The minimum atomic E-state index is -1.03. The number of ether oxygens (including phenoxy) is 3. The Kier molecular flexibility index (Phi) is 10.0. The number of carbonyl (C=O) groups excluding carboxylic acids is 1. The highest BCUT2D eigenvalue weighted by Gasteiger charge is 2.44. The molecule has 10 heteroatoms. The van der Waals surface area contributed by atoms with Crippen molar-refractivity contribution in [2.24, 2.45) is 11.8 Å². The molecule has 1 aromatic heterocycles. The molecule has 224 valence electrons. The van der Waals surface area contributed by atoms with Crippen LogP contribution in [0.2, 0.25) is 0 Å². The highest BCUT2D eigenvalue weighted by Crippen LogP contribution is 2.44. The number of carboxylic acids is 1. The maximum Gasteiger partial charge on any atom is 0.348 e. The van der Waals surface area contributed by atoms with Crippen molar-refractivity contribution in [2.75, 3.05) is 31.3 Å². The Morgan fingerprint density at radius 2 is 1.76 bits per heavy atom. The maximum absolute atomic E-state index is 14.2. The molecule has 1 aromatic carbocycles. The fourth-order valence-corrected chi connectivity index (χ4v) is 8.08. The third-order valence-corrected chi connectivity index (χ3v) is 11.0. The quantitative estimate of drug-likeness (QED) is 0.298. The van der Waals surface area contributed by atoms with Gasteiger partial charge in [0.05, 0.1) is 39.6 Å². The summed E-state index contributed by atoms with van der Waals surface area (Å²) in [6, 6.07) is 9.55. The summed E-state index contributed by atoms with van der Waals surface area (Å²) in [5, 5.41) is 10.3. The number of thiophene rings is 1. The molecular weight excluding hydrogens is 561 g/mol. The minimum Gasteiger partial charge on any atom is -0.477 e. The first-order valence-corrected chi connectivity index (χ1v) is 16.9. The third-order valence-electron chi connectivity index (χ3n) is 8.95. The molecule has 3 aliphatic rings. The van der Waals surface area contributed by atoms with Crippen molar-refractivity contribution in [3.05, 3.63) is 40.8 Å². The molecule has 2 atom stereocenters. The van der Waals surface area contributed by atoms with Crippen molar-refractivity contribution in [2.45, 2.75) is 82.7 Å². The molecule has 2 aliphatic carbocycles. The molecule has 1 saturated heterocycles. The molecule has 1 aliphatic heterocycles. The number of aromatic carboxylic acids is 1. The molecule has 2 unspecified atom stereocenters. The largest absolute Gasteiger partial charge is 0.477 e. The van der Waals surface area contributed by atoms with Crippen molar-refractivity contribution in [1.82, 2.24) is 0 Å². The van der Waals surface area contributed by atoms with Crippen LogP contribution in [0.3, 0.4) is 0 Å². The van der Waals surface area contributed by atoms with Crippen LogP contribution in [0.4, 0.5) is 5.69 Å². The topological polar surface area (TPSA) is 102 Å². The fraction of sp³-hybridized carbons (Fsp3) is 0.613. The Morgan fingerprint density at radius 3 is 2.34 bits per heavy atom. The van der Waals surface area contributed by atoms with Gasteiger partial charge in [-0.2, -0.15) is 0 Å². The van der Waals surface area contributed by atoms with Crippen molar-refractivity contribution in [1.29, 1.82) is 0 Å². The number of hydrogen-bond donors (Lipinski definition) is 1. The second-order valence-corrected chi connectivity index (χ2v) is 13.8. The molecule has 2 aromatic rings. The van der Waals surface area contributed by atoms with E-state index >= 15 is 0 Å². The molecule has 3 fully saturated rings. The number of hydrogen-bond acceptors (Lipinski definition) is 7. The molecule has 1 spiro atoms. The van der Waals surface area contributed by atoms with Crippen LogP contribution in [0.1, 0.15) is 86.1 Å². The van der Waals surface area contributed by atoms with Crippen molar-refractivity contribution in [3.8, 4) is 10.4 Å². The van der Waals surface area contributed by atoms with Gasteiger partial charge in [0.25, 0.3) is 0 Å². The van der Waals surface area contributed by atoms with Crippen LogP contribution in [-0.2, 0) is 23.6 Å². The second-order valence-electron chi connectivity index (χ2n) is 11.7. The van der Waals surface area contributed by atoms with Gasteiger partial charge in [-0.05, 0) is 68.6 Å². The van der Waals surface area contributed by atoms with Gasteiger partial charge < -0.3 is 28.8 Å². The van der Waals surface area contributed by atoms with E-state index in [1.54, 1.807) is 0 Å². The average Bonchev–Trinajstić information content (AvgIpc) is 3.63. The van der Waals surface area contributed by atoms with Gasteiger partial charge in [0, 0.05) is 36.3 Å². The van der Waals surface area contributed by atoms with Gasteiger partial charge in [-0.3, -0.25) is 4.79 Å². The monoisotopic (exact) mass is 603 g/mol. The Balaban J connectivity index is 1.46. The lowest BCUT2D eigenvalue weighted by molar-refractivity contribution is -0.179. The number of carboxylic acid groups (broad SMARTS) is 1. The average molecular weight is 604 g/mol. The third kappa shape index (κ3) is 6.80. The molecule has 0 radical (unpaired) electrons. The lowest BCUT2D eigenvalue weighted by Crippen LogP contribution is -2.49. The Labute approximate surface area is 247 Å². The van der Waals surface area contributed by atoms with Gasteiger partial charge in [0.1, 0.15) is 4.88 Å². The van der Waals surface area contributed by atoms with E-state index < -0.39 is 20.2 Å². The van der Waals surface area contributed by atoms with Gasteiger partial charge in [0.2, 0.25) is 5.91 Å². The molecule has 1 amide bonds. The summed E-state index contributed by atoms with van der Waals surface area (Å²) >= 11 is 1.21. The van der Waals surface area contributed by atoms with E-state index in [9.17, 15) is 19.3 Å². The molecule has 2 saturated carbocycles. The summed E-state index contributed by atoms with van der Waals surface area (Å²) < 4.78 is 29.2. The normalized spacial score (nSPS) is 23.8. The number of amides is 1. The van der Waals surface area contributed by atoms with E-state index in [1.165, 1.54) is 11.3 Å². The first kappa shape index (κ1) is 30.4. The summed E-state index contributed by atoms with van der Waals surface area (Å²) in [7, 11) is -1.03. The van der Waals surface area contributed by atoms with Crippen molar-refractivity contribution in [3.63, 3.8) is 0 Å². The SMILES string of the molecule is CCOCC([PH2]=O)c1ccc(-c2cc(N(C(=O)C3CCC(C)CC3)C3CCC4(CC3)OCCO4)c(C(=O)O)s2)cc1. The van der Waals surface area contributed by atoms with E-state index in [1.807, 2.05) is 42.2 Å². The summed E-state index contributed by atoms with van der Waals surface area (Å²) in [4.78, 5) is 29.6. The number of rotatable bonds is 10. The van der Waals surface area contributed by atoms with Crippen molar-refractivity contribution >= 4 is 37.4 Å². The fourth-order valence-electron chi connectivity index (χ4n) is 6.49. The second kappa shape index (κ2) is 13.5. The van der Waals surface area contributed by atoms with Crippen LogP contribution in [0.5, 0.6) is 0 Å². The summed E-state index contributed by atoms with van der Waals surface area (Å²) in [6.07, 6.45) is 6.49. The van der Waals surface area contributed by atoms with Gasteiger partial charge in [-0.1, -0.05) is 31.2 Å². The first-order chi connectivity index (χ1) is 19.8. The minimum absolute atomic E-state index is 0.0468. The molecule has 2 heterocycles. The van der Waals surface area contributed by atoms with E-state index in [0.717, 1.165) is 41.7 Å². The zero-order valence-electron chi connectivity index (χ0n) is 24.0. The number of carbonyl (C=O) groups is 2. The highest BCUT2D eigenvalue weighted by molar-refractivity contribution is 7.24. The Hall–Kier alpha value is -2.03. The number of anilines is 1. The summed E-state index contributed by atoms with van der Waals surface area (Å²) in [5.41, 5.74) is 2.17. The molecule has 5 rings (SSSR count). The van der Waals surface area contributed by atoms with Crippen LogP contribution in [-0.4, -0.2) is 55.2 Å². The van der Waals surface area contributed by atoms with Gasteiger partial charge in [-0.15, -0.1) is 11.3 Å². The number of benzene rings is 1. The Bertz CT molecular complexity index is 1210. The maximum atomic E-state index is 14.2. The van der Waals surface area contributed by atoms with E-state index in [0.29, 0.717) is 63.7 Å². The molecule has 0 bridgehead atoms. The summed E-state index contributed by atoms with van der Waals surface area (Å²) in [5.74, 6) is -1.02. The van der Waals surface area contributed by atoms with Gasteiger partial charge in [0.15, 0.2) is 5.79 Å². The zero-order chi connectivity index (χ0) is 29.0. The molecule has 8 nitrogen and oxygen atoms in total. The van der Waals surface area contributed by atoms with Gasteiger partial charge in [-0.25, -0.2) is 4.79 Å². The van der Waals surface area contributed by atoms with Crippen LogP contribution < -0.4 is 4.90 Å². The van der Waals surface area contributed by atoms with E-state index in [4.69, 9.17) is 14.2 Å². The standard InChI is InChI=1S/C31H42NO7PS/c1-3-37-19-26(40-36)21-8-10-22(11-9-21)27-18-25(28(41-27)30(34)35)32(29(33)23-6-4-20(2)5-7-23)24-12-14-31(15-13-24)38-16-17-39-31/h8-11,18,20,23-24,26H,3-7,12-17,19,40H2,1-2H3,(H,34,35). The molecule has 1 N–H and O–H groups in total. The summed E-state index contributed by atoms with van der Waals surface area (Å²) in [6.45, 7) is 6.31. The smallest absolute Gasteiger partial charge is 0.348 e. The number of nitrogens with zero attached hydrogens (tertiary/aromatic N) is 1. The van der Waals surface area contributed by atoms with Crippen molar-refractivity contribution < 1.29 is 33.5 Å². The highest BCUT2D eigenvalue weighted by atomic mass is 32.1. The molecule has 41 heavy (non-hydrogen) atoms.